The number of rotatable bonds is 8. The Morgan fingerprint density at radius 3 is 2.75 bits per heavy atom. The summed E-state index contributed by atoms with van der Waals surface area (Å²) in [4.78, 5) is 0. The zero-order valence-electron chi connectivity index (χ0n) is 10.3. The van der Waals surface area contributed by atoms with Crippen LogP contribution in [0.4, 0.5) is 0 Å². The van der Waals surface area contributed by atoms with Crippen LogP contribution in [0.15, 0.2) is 22.8 Å². The molecule has 2 unspecified atom stereocenters. The summed E-state index contributed by atoms with van der Waals surface area (Å²) in [6.45, 7) is 5.00. The molecule has 1 aromatic rings. The highest BCUT2D eigenvalue weighted by molar-refractivity contribution is 5.04. The minimum absolute atomic E-state index is 0.00720. The van der Waals surface area contributed by atoms with Crippen LogP contribution in [0, 0.1) is 0 Å². The quantitative estimate of drug-likeness (QED) is 0.691. The van der Waals surface area contributed by atoms with E-state index < -0.39 is 0 Å². The third-order valence-corrected chi connectivity index (χ3v) is 2.73. The molecule has 0 fully saturated rings. The monoisotopic (exact) mass is 225 g/mol. The molecule has 0 spiro atoms. The van der Waals surface area contributed by atoms with Gasteiger partial charge in [-0.05, 0) is 25.0 Å². The number of furan rings is 1. The third kappa shape index (κ3) is 3.99. The van der Waals surface area contributed by atoms with Crippen LogP contribution in [-0.2, 0) is 4.74 Å². The Labute approximate surface area is 98.0 Å². The molecule has 0 aromatic carbocycles. The Morgan fingerprint density at radius 2 is 2.19 bits per heavy atom. The van der Waals surface area contributed by atoms with Gasteiger partial charge in [-0.25, -0.2) is 0 Å². The first-order valence-corrected chi connectivity index (χ1v) is 6.20. The van der Waals surface area contributed by atoms with Gasteiger partial charge in [0.05, 0.1) is 6.26 Å². The highest BCUT2D eigenvalue weighted by Gasteiger charge is 2.21. The lowest BCUT2D eigenvalue weighted by molar-refractivity contribution is 0.0171. The van der Waals surface area contributed by atoms with E-state index >= 15 is 0 Å². The van der Waals surface area contributed by atoms with Gasteiger partial charge in [-0.3, -0.25) is 0 Å². The van der Waals surface area contributed by atoms with Gasteiger partial charge in [-0.15, -0.1) is 0 Å². The Kier molecular flexibility index (Phi) is 6.19. The van der Waals surface area contributed by atoms with Gasteiger partial charge in [-0.2, -0.15) is 0 Å². The van der Waals surface area contributed by atoms with Crippen LogP contribution in [0.1, 0.15) is 51.4 Å². The summed E-state index contributed by atoms with van der Waals surface area (Å²) < 4.78 is 11.2. The Morgan fingerprint density at radius 1 is 1.38 bits per heavy atom. The van der Waals surface area contributed by atoms with Crippen LogP contribution >= 0.6 is 0 Å². The van der Waals surface area contributed by atoms with Crippen molar-refractivity contribution in [3.8, 4) is 0 Å². The predicted molar refractivity (Wildman–Crippen MR) is 65.2 cm³/mol. The molecule has 2 atom stereocenters. The van der Waals surface area contributed by atoms with E-state index in [4.69, 9.17) is 14.9 Å². The number of hydrogen-bond donors (Lipinski definition) is 1. The molecule has 0 aliphatic carbocycles. The molecule has 0 saturated heterocycles. The molecule has 2 N–H and O–H groups in total. The summed E-state index contributed by atoms with van der Waals surface area (Å²) in [6, 6.07) is 3.81. The van der Waals surface area contributed by atoms with Gasteiger partial charge in [0.2, 0.25) is 0 Å². The maximum absolute atomic E-state index is 6.04. The van der Waals surface area contributed by atoms with Crippen molar-refractivity contribution in [2.45, 2.75) is 51.7 Å². The average Bonchev–Trinajstić information content (AvgIpc) is 2.82. The first kappa shape index (κ1) is 13.3. The molecule has 16 heavy (non-hydrogen) atoms. The molecule has 0 aliphatic heterocycles. The van der Waals surface area contributed by atoms with Gasteiger partial charge >= 0.3 is 0 Å². The molecule has 3 heteroatoms. The molecule has 3 nitrogen and oxygen atoms in total. The molecule has 1 rings (SSSR count). The van der Waals surface area contributed by atoms with E-state index in [1.54, 1.807) is 6.26 Å². The maximum Gasteiger partial charge on any atom is 0.134 e. The van der Waals surface area contributed by atoms with E-state index in [-0.39, 0.29) is 12.1 Å². The molecule has 1 heterocycles. The van der Waals surface area contributed by atoms with Crippen molar-refractivity contribution in [1.82, 2.24) is 0 Å². The minimum atomic E-state index is -0.100. The molecule has 92 valence electrons. The van der Waals surface area contributed by atoms with Crippen LogP contribution in [0.5, 0.6) is 0 Å². The van der Waals surface area contributed by atoms with Crippen molar-refractivity contribution in [2.75, 3.05) is 6.61 Å². The fraction of sp³-hybridized carbons (Fsp3) is 0.692. The van der Waals surface area contributed by atoms with Gasteiger partial charge in [0.25, 0.3) is 0 Å². The van der Waals surface area contributed by atoms with Gasteiger partial charge < -0.3 is 14.9 Å². The van der Waals surface area contributed by atoms with Crippen molar-refractivity contribution < 1.29 is 9.15 Å². The molecule has 0 radical (unpaired) electrons. The molecule has 1 aromatic heterocycles. The van der Waals surface area contributed by atoms with Crippen LogP contribution in [0.2, 0.25) is 0 Å². The molecular weight excluding hydrogens is 202 g/mol. The molecule has 0 aliphatic rings. The van der Waals surface area contributed by atoms with Gasteiger partial charge in [-0.1, -0.05) is 26.7 Å². The molecule has 0 amide bonds. The summed E-state index contributed by atoms with van der Waals surface area (Å²) in [6.07, 6.45) is 5.95. The van der Waals surface area contributed by atoms with Crippen LogP contribution in [0.3, 0.4) is 0 Å². The topological polar surface area (TPSA) is 48.4 Å². The Hall–Kier alpha value is -0.800. The second-order valence-electron chi connectivity index (χ2n) is 4.09. The zero-order chi connectivity index (χ0) is 11.8. The van der Waals surface area contributed by atoms with Crippen molar-refractivity contribution in [1.29, 1.82) is 0 Å². The van der Waals surface area contributed by atoms with Gasteiger partial charge in [0.1, 0.15) is 11.9 Å². The van der Waals surface area contributed by atoms with Gasteiger partial charge in [0, 0.05) is 12.6 Å². The lowest BCUT2D eigenvalue weighted by atomic mass is 10.1. The van der Waals surface area contributed by atoms with Crippen molar-refractivity contribution in [3.05, 3.63) is 24.2 Å². The zero-order valence-corrected chi connectivity index (χ0v) is 10.3. The second kappa shape index (κ2) is 7.47. The summed E-state index contributed by atoms with van der Waals surface area (Å²) in [5, 5.41) is 0. The summed E-state index contributed by atoms with van der Waals surface area (Å²) >= 11 is 0. The summed E-state index contributed by atoms with van der Waals surface area (Å²) in [7, 11) is 0. The second-order valence-corrected chi connectivity index (χ2v) is 4.09. The maximum atomic E-state index is 6.04. The third-order valence-electron chi connectivity index (χ3n) is 2.73. The lowest BCUT2D eigenvalue weighted by Crippen LogP contribution is -2.29. The first-order valence-electron chi connectivity index (χ1n) is 6.20. The lowest BCUT2D eigenvalue weighted by Gasteiger charge is -2.21. The summed E-state index contributed by atoms with van der Waals surface area (Å²) in [5.41, 5.74) is 6.04. The van der Waals surface area contributed by atoms with Crippen molar-refractivity contribution >= 4 is 0 Å². The minimum Gasteiger partial charge on any atom is -0.467 e. The van der Waals surface area contributed by atoms with E-state index in [0.29, 0.717) is 0 Å². The molecule has 0 saturated carbocycles. The first-order chi connectivity index (χ1) is 7.79. The van der Waals surface area contributed by atoms with E-state index in [1.165, 1.54) is 12.8 Å². The van der Waals surface area contributed by atoms with Crippen LogP contribution in [0.25, 0.3) is 0 Å². The predicted octanol–water partition coefficient (Wildman–Crippen LogP) is 3.26. The van der Waals surface area contributed by atoms with Crippen molar-refractivity contribution in [3.63, 3.8) is 0 Å². The number of hydrogen-bond acceptors (Lipinski definition) is 3. The van der Waals surface area contributed by atoms with Crippen LogP contribution in [-0.4, -0.2) is 12.6 Å². The Balaban J connectivity index is 2.45. The average molecular weight is 225 g/mol. The number of nitrogens with two attached hydrogens (primary N) is 1. The number of ether oxygens (including phenoxy) is 1. The smallest absolute Gasteiger partial charge is 0.134 e. The fourth-order valence-electron chi connectivity index (χ4n) is 1.65. The molecule has 0 bridgehead atoms. The van der Waals surface area contributed by atoms with Crippen LogP contribution < -0.4 is 5.73 Å². The highest BCUT2D eigenvalue weighted by atomic mass is 16.5. The normalized spacial score (nSPS) is 14.9. The van der Waals surface area contributed by atoms with Crippen molar-refractivity contribution in [2.24, 2.45) is 5.73 Å². The molecular formula is C13H23NO2. The fourth-order valence-corrected chi connectivity index (χ4v) is 1.65. The largest absolute Gasteiger partial charge is 0.467 e. The van der Waals surface area contributed by atoms with E-state index in [0.717, 1.165) is 25.2 Å². The number of unbranched alkanes of at least 4 members (excludes halogenated alkanes) is 2. The SMILES string of the molecule is CCCCCOC(c1ccco1)C(N)CC. The van der Waals surface area contributed by atoms with E-state index in [1.807, 2.05) is 12.1 Å². The summed E-state index contributed by atoms with van der Waals surface area (Å²) in [5.74, 6) is 0.839. The van der Waals surface area contributed by atoms with Gasteiger partial charge in [0.15, 0.2) is 0 Å². The highest BCUT2D eigenvalue weighted by Crippen LogP contribution is 2.22. The standard InChI is InChI=1S/C13H23NO2/c1-3-5-6-9-16-13(11(14)4-2)12-8-7-10-15-12/h7-8,10-11,13H,3-6,9,14H2,1-2H3. The van der Waals surface area contributed by atoms with E-state index in [2.05, 4.69) is 13.8 Å². The van der Waals surface area contributed by atoms with E-state index in [9.17, 15) is 0 Å². The Bertz CT molecular complexity index is 259.